The third-order valence-electron chi connectivity index (χ3n) is 3.59. The largest absolute Gasteiger partial charge is 0.302 e. The number of fused-ring (bicyclic) bond motifs is 1. The summed E-state index contributed by atoms with van der Waals surface area (Å²) in [6.45, 7) is 1.44. The first-order valence-corrected chi connectivity index (χ1v) is 9.98. The SMILES string of the molecule is CC(=O)Nc1nc2ccc(-c3cncc(N(C)S(C)(=O)=O)c3)cc2s1. The Morgan fingerprint density at radius 3 is 2.64 bits per heavy atom. The molecule has 0 unspecified atom stereocenters. The van der Waals surface area contributed by atoms with Crippen LogP contribution in [0.25, 0.3) is 21.3 Å². The number of rotatable bonds is 4. The van der Waals surface area contributed by atoms with Crippen molar-refractivity contribution in [1.29, 1.82) is 0 Å². The summed E-state index contributed by atoms with van der Waals surface area (Å²) < 4.78 is 25.5. The van der Waals surface area contributed by atoms with Crippen LogP contribution in [0.15, 0.2) is 36.7 Å². The van der Waals surface area contributed by atoms with Gasteiger partial charge in [-0.3, -0.25) is 14.1 Å². The first-order chi connectivity index (χ1) is 11.7. The molecule has 0 aliphatic rings. The minimum absolute atomic E-state index is 0.167. The van der Waals surface area contributed by atoms with Gasteiger partial charge in [0.2, 0.25) is 15.9 Å². The smallest absolute Gasteiger partial charge is 0.232 e. The predicted octanol–water partition coefficient (Wildman–Crippen LogP) is 2.71. The number of thiazole rings is 1. The van der Waals surface area contributed by atoms with Gasteiger partial charge in [0.1, 0.15) is 0 Å². The Morgan fingerprint density at radius 1 is 1.20 bits per heavy atom. The Bertz CT molecular complexity index is 1060. The fourth-order valence-corrected chi connectivity index (χ4v) is 3.69. The van der Waals surface area contributed by atoms with Crippen molar-refractivity contribution < 1.29 is 13.2 Å². The summed E-state index contributed by atoms with van der Waals surface area (Å²) in [6.07, 6.45) is 4.33. The molecule has 0 saturated carbocycles. The van der Waals surface area contributed by atoms with Crippen LogP contribution in [0.4, 0.5) is 10.8 Å². The number of hydrogen-bond donors (Lipinski definition) is 1. The van der Waals surface area contributed by atoms with Gasteiger partial charge in [0.25, 0.3) is 0 Å². The van der Waals surface area contributed by atoms with Gasteiger partial charge in [-0.2, -0.15) is 0 Å². The average molecular weight is 376 g/mol. The molecule has 9 heteroatoms. The summed E-state index contributed by atoms with van der Waals surface area (Å²) in [4.78, 5) is 19.6. The van der Waals surface area contributed by atoms with Crippen LogP contribution < -0.4 is 9.62 Å². The third-order valence-corrected chi connectivity index (χ3v) is 5.73. The molecule has 2 aromatic heterocycles. The first kappa shape index (κ1) is 17.3. The molecule has 1 amide bonds. The number of sulfonamides is 1. The second-order valence-electron chi connectivity index (χ2n) is 5.55. The van der Waals surface area contributed by atoms with Crippen LogP contribution in [0.3, 0.4) is 0 Å². The van der Waals surface area contributed by atoms with Crippen molar-refractivity contribution in [2.75, 3.05) is 22.9 Å². The van der Waals surface area contributed by atoms with Gasteiger partial charge in [0.05, 0.1) is 28.4 Å². The minimum atomic E-state index is -3.35. The number of pyridine rings is 1. The van der Waals surface area contributed by atoms with Crippen molar-refractivity contribution >= 4 is 48.3 Å². The zero-order chi connectivity index (χ0) is 18.2. The van der Waals surface area contributed by atoms with E-state index in [1.165, 1.54) is 35.8 Å². The Labute approximate surface area is 149 Å². The zero-order valence-corrected chi connectivity index (χ0v) is 15.5. The van der Waals surface area contributed by atoms with E-state index in [1.807, 2.05) is 18.2 Å². The Balaban J connectivity index is 2.00. The molecule has 0 aliphatic carbocycles. The van der Waals surface area contributed by atoms with E-state index in [0.29, 0.717) is 10.8 Å². The third kappa shape index (κ3) is 3.77. The van der Waals surface area contributed by atoms with Crippen LogP contribution in [-0.2, 0) is 14.8 Å². The molecule has 0 aliphatic heterocycles. The minimum Gasteiger partial charge on any atom is -0.302 e. The summed E-state index contributed by atoms with van der Waals surface area (Å²) in [5, 5.41) is 3.22. The lowest BCUT2D eigenvalue weighted by Crippen LogP contribution is -2.24. The van der Waals surface area contributed by atoms with E-state index in [1.54, 1.807) is 12.3 Å². The summed E-state index contributed by atoms with van der Waals surface area (Å²) in [7, 11) is -1.86. The van der Waals surface area contributed by atoms with Gasteiger partial charge in [-0.1, -0.05) is 17.4 Å². The topological polar surface area (TPSA) is 92.3 Å². The highest BCUT2D eigenvalue weighted by atomic mass is 32.2. The summed E-state index contributed by atoms with van der Waals surface area (Å²) in [6, 6.07) is 7.46. The van der Waals surface area contributed by atoms with Crippen LogP contribution in [0.1, 0.15) is 6.92 Å². The van der Waals surface area contributed by atoms with Crippen LogP contribution in [0.2, 0.25) is 0 Å². The molecule has 3 aromatic rings. The molecule has 3 rings (SSSR count). The van der Waals surface area contributed by atoms with Gasteiger partial charge >= 0.3 is 0 Å². The Morgan fingerprint density at radius 2 is 1.96 bits per heavy atom. The first-order valence-electron chi connectivity index (χ1n) is 7.31. The number of anilines is 2. The van der Waals surface area contributed by atoms with Gasteiger partial charge in [-0.05, 0) is 23.8 Å². The highest BCUT2D eigenvalue weighted by molar-refractivity contribution is 7.92. The van der Waals surface area contributed by atoms with Crippen molar-refractivity contribution in [2.45, 2.75) is 6.92 Å². The van der Waals surface area contributed by atoms with Gasteiger partial charge in [0.15, 0.2) is 5.13 Å². The Kier molecular flexibility index (Phi) is 4.44. The number of hydrogen-bond acceptors (Lipinski definition) is 6. The van der Waals surface area contributed by atoms with E-state index in [2.05, 4.69) is 15.3 Å². The van der Waals surface area contributed by atoms with E-state index in [4.69, 9.17) is 0 Å². The molecule has 130 valence electrons. The lowest BCUT2D eigenvalue weighted by molar-refractivity contribution is -0.114. The molecule has 2 heterocycles. The molecule has 1 N–H and O–H groups in total. The van der Waals surface area contributed by atoms with Crippen molar-refractivity contribution in [3.8, 4) is 11.1 Å². The number of carbonyl (C=O) groups is 1. The van der Waals surface area contributed by atoms with Gasteiger partial charge < -0.3 is 5.32 Å². The molecule has 0 bridgehead atoms. The predicted molar refractivity (Wildman–Crippen MR) is 100 cm³/mol. The second kappa shape index (κ2) is 6.41. The molecule has 25 heavy (non-hydrogen) atoms. The number of carbonyl (C=O) groups excluding carboxylic acids is 1. The maximum absolute atomic E-state index is 11.7. The van der Waals surface area contributed by atoms with Gasteiger partial charge in [0, 0.05) is 25.7 Å². The van der Waals surface area contributed by atoms with Crippen molar-refractivity contribution in [2.24, 2.45) is 0 Å². The zero-order valence-electron chi connectivity index (χ0n) is 13.8. The second-order valence-corrected chi connectivity index (χ2v) is 8.59. The van der Waals surface area contributed by atoms with Crippen LogP contribution in [0.5, 0.6) is 0 Å². The molecule has 7 nitrogen and oxygen atoms in total. The van der Waals surface area contributed by atoms with E-state index >= 15 is 0 Å². The van der Waals surface area contributed by atoms with Crippen LogP contribution in [0, 0.1) is 0 Å². The van der Waals surface area contributed by atoms with Crippen LogP contribution in [-0.4, -0.2) is 37.6 Å². The van der Waals surface area contributed by atoms with Crippen molar-refractivity contribution in [1.82, 2.24) is 9.97 Å². The maximum Gasteiger partial charge on any atom is 0.232 e. The fraction of sp³-hybridized carbons (Fsp3) is 0.188. The number of benzene rings is 1. The fourth-order valence-electron chi connectivity index (χ4n) is 2.26. The van der Waals surface area contributed by atoms with E-state index in [0.717, 1.165) is 27.6 Å². The summed E-state index contributed by atoms with van der Waals surface area (Å²) in [5.74, 6) is -0.167. The quantitative estimate of drug-likeness (QED) is 0.756. The number of amides is 1. The van der Waals surface area contributed by atoms with Crippen molar-refractivity contribution in [3.63, 3.8) is 0 Å². The summed E-state index contributed by atoms with van der Waals surface area (Å²) in [5.41, 5.74) is 2.96. The van der Waals surface area contributed by atoms with E-state index in [-0.39, 0.29) is 5.91 Å². The number of aromatic nitrogens is 2. The van der Waals surface area contributed by atoms with E-state index in [9.17, 15) is 13.2 Å². The number of nitrogens with zero attached hydrogens (tertiary/aromatic N) is 3. The molecule has 0 fully saturated rings. The average Bonchev–Trinajstić information content (AvgIpc) is 2.93. The normalized spacial score (nSPS) is 11.5. The molecular formula is C16H16N4O3S2. The Hall–Kier alpha value is -2.52. The van der Waals surface area contributed by atoms with Gasteiger partial charge in [-0.25, -0.2) is 13.4 Å². The molecule has 0 spiro atoms. The standard InChI is InChI=1S/C16H16N4O3S2/c1-10(21)18-16-19-14-5-4-11(7-15(14)24-16)12-6-13(9-17-8-12)20(2)25(3,22)23/h4-9H,1-3H3,(H,18,19,21). The highest BCUT2D eigenvalue weighted by Crippen LogP contribution is 2.31. The van der Waals surface area contributed by atoms with Crippen LogP contribution >= 0.6 is 11.3 Å². The van der Waals surface area contributed by atoms with E-state index < -0.39 is 10.0 Å². The van der Waals surface area contributed by atoms with Gasteiger partial charge in [-0.15, -0.1) is 0 Å². The molecule has 1 aromatic carbocycles. The van der Waals surface area contributed by atoms with Crippen molar-refractivity contribution in [3.05, 3.63) is 36.7 Å². The molecule has 0 saturated heterocycles. The lowest BCUT2D eigenvalue weighted by Gasteiger charge is -2.16. The molecule has 0 radical (unpaired) electrons. The summed E-state index contributed by atoms with van der Waals surface area (Å²) >= 11 is 1.38. The lowest BCUT2D eigenvalue weighted by atomic mass is 10.1. The number of nitrogens with one attached hydrogen (secondary N) is 1. The monoisotopic (exact) mass is 376 g/mol. The maximum atomic E-state index is 11.7. The highest BCUT2D eigenvalue weighted by Gasteiger charge is 2.13. The molecule has 0 atom stereocenters. The molecular weight excluding hydrogens is 360 g/mol.